The Hall–Kier alpha value is -3.85. The second kappa shape index (κ2) is 8.95. The summed E-state index contributed by atoms with van der Waals surface area (Å²) in [5.74, 6) is 0.0911. The maximum atomic E-state index is 13.1. The van der Waals surface area contributed by atoms with Crippen molar-refractivity contribution in [1.29, 1.82) is 0 Å². The fourth-order valence-electron chi connectivity index (χ4n) is 3.63. The SMILES string of the molecule is O=C(CC1Sc2ccccc2NC1=O)OCc1nc2ccccc2c(=O)n1Cc1ccco1. The molecule has 0 bridgehead atoms. The van der Waals surface area contributed by atoms with Crippen LogP contribution < -0.4 is 10.9 Å². The Balaban J connectivity index is 1.34. The minimum atomic E-state index is -0.595. The van der Waals surface area contributed by atoms with Crippen LogP contribution >= 0.6 is 11.8 Å². The first kappa shape index (κ1) is 21.0. The topological polar surface area (TPSA) is 103 Å². The average molecular weight is 461 g/mol. The highest BCUT2D eigenvalue weighted by molar-refractivity contribution is 8.01. The van der Waals surface area contributed by atoms with Crippen molar-refractivity contribution in [2.24, 2.45) is 0 Å². The Morgan fingerprint density at radius 1 is 1.09 bits per heavy atom. The van der Waals surface area contributed by atoms with Crippen molar-refractivity contribution in [3.63, 3.8) is 0 Å². The molecule has 1 aliphatic rings. The summed E-state index contributed by atoms with van der Waals surface area (Å²) in [7, 11) is 0. The third-order valence-corrected chi connectivity index (χ3v) is 6.53. The number of amides is 1. The van der Waals surface area contributed by atoms with E-state index in [0.717, 1.165) is 10.6 Å². The van der Waals surface area contributed by atoms with E-state index in [9.17, 15) is 14.4 Å². The zero-order chi connectivity index (χ0) is 22.8. The molecule has 166 valence electrons. The van der Waals surface area contributed by atoms with Gasteiger partial charge in [-0.3, -0.25) is 19.0 Å². The largest absolute Gasteiger partial charge is 0.467 e. The lowest BCUT2D eigenvalue weighted by Gasteiger charge is -2.23. The molecule has 1 N–H and O–H groups in total. The van der Waals surface area contributed by atoms with Crippen molar-refractivity contribution in [3.05, 3.63) is 88.9 Å². The minimum Gasteiger partial charge on any atom is -0.467 e. The molecule has 1 amide bonds. The molecule has 5 rings (SSSR count). The molecule has 8 nitrogen and oxygen atoms in total. The molecule has 9 heteroatoms. The van der Waals surface area contributed by atoms with Gasteiger partial charge in [0.2, 0.25) is 5.91 Å². The molecular weight excluding hydrogens is 442 g/mol. The first-order chi connectivity index (χ1) is 16.1. The maximum absolute atomic E-state index is 13.1. The Labute approximate surface area is 192 Å². The fourth-order valence-corrected chi connectivity index (χ4v) is 4.72. The molecule has 1 unspecified atom stereocenters. The van der Waals surface area contributed by atoms with E-state index in [-0.39, 0.29) is 31.0 Å². The second-order valence-electron chi connectivity index (χ2n) is 7.47. The number of aromatic nitrogens is 2. The van der Waals surface area contributed by atoms with Crippen LogP contribution in [0.25, 0.3) is 10.9 Å². The summed E-state index contributed by atoms with van der Waals surface area (Å²) in [5, 5.41) is 2.69. The molecule has 0 radical (unpaired) electrons. The summed E-state index contributed by atoms with van der Waals surface area (Å²) in [6.45, 7) is -0.0383. The molecule has 33 heavy (non-hydrogen) atoms. The van der Waals surface area contributed by atoms with Gasteiger partial charge in [-0.2, -0.15) is 0 Å². The first-order valence-electron chi connectivity index (χ1n) is 10.3. The van der Waals surface area contributed by atoms with Gasteiger partial charge in [0.1, 0.15) is 12.4 Å². The summed E-state index contributed by atoms with van der Waals surface area (Å²) in [4.78, 5) is 43.5. The molecule has 0 spiro atoms. The van der Waals surface area contributed by atoms with Gasteiger partial charge in [0.05, 0.1) is 41.1 Å². The predicted octanol–water partition coefficient (Wildman–Crippen LogP) is 3.58. The fraction of sp³-hybridized carbons (Fsp3) is 0.167. The lowest BCUT2D eigenvalue weighted by Crippen LogP contribution is -2.31. The van der Waals surface area contributed by atoms with Gasteiger partial charge in [-0.15, -0.1) is 11.8 Å². The highest BCUT2D eigenvalue weighted by Gasteiger charge is 2.29. The molecule has 0 fully saturated rings. The van der Waals surface area contributed by atoms with E-state index in [0.29, 0.717) is 22.5 Å². The third kappa shape index (κ3) is 4.40. The number of nitrogens with zero attached hydrogens (tertiary/aromatic N) is 2. The Morgan fingerprint density at radius 2 is 1.91 bits per heavy atom. The van der Waals surface area contributed by atoms with Crippen LogP contribution in [0.15, 0.2) is 81.0 Å². The molecular formula is C24H19N3O5S. The highest BCUT2D eigenvalue weighted by Crippen LogP contribution is 2.36. The molecule has 2 aromatic carbocycles. The lowest BCUT2D eigenvalue weighted by atomic mass is 10.2. The van der Waals surface area contributed by atoms with Crippen LogP contribution in [0, 0.1) is 0 Å². The zero-order valence-corrected chi connectivity index (χ0v) is 18.2. The number of anilines is 1. The molecule has 0 saturated carbocycles. The number of hydrogen-bond donors (Lipinski definition) is 1. The Morgan fingerprint density at radius 3 is 2.76 bits per heavy atom. The van der Waals surface area contributed by atoms with E-state index in [4.69, 9.17) is 9.15 Å². The maximum Gasteiger partial charge on any atom is 0.307 e. The van der Waals surface area contributed by atoms with Crippen molar-refractivity contribution in [1.82, 2.24) is 9.55 Å². The highest BCUT2D eigenvalue weighted by atomic mass is 32.2. The van der Waals surface area contributed by atoms with Crippen molar-refractivity contribution in [2.45, 2.75) is 29.7 Å². The van der Waals surface area contributed by atoms with Crippen molar-refractivity contribution >= 4 is 40.2 Å². The number of carbonyl (C=O) groups excluding carboxylic acids is 2. The standard InChI is InChI=1S/C24H19N3O5S/c28-22(12-20-23(29)26-18-9-3-4-10-19(18)33-20)32-14-21-25-17-8-2-1-7-16(17)24(30)27(21)13-15-6-5-11-31-15/h1-11,20H,12-14H2,(H,26,29). The van der Waals surface area contributed by atoms with Gasteiger partial charge < -0.3 is 14.5 Å². The number of nitrogens with one attached hydrogen (secondary N) is 1. The number of furan rings is 1. The van der Waals surface area contributed by atoms with Crippen LogP contribution in [0.4, 0.5) is 5.69 Å². The normalized spacial score (nSPS) is 15.2. The van der Waals surface area contributed by atoms with Gasteiger partial charge >= 0.3 is 5.97 Å². The first-order valence-corrected chi connectivity index (χ1v) is 11.2. The predicted molar refractivity (Wildman–Crippen MR) is 123 cm³/mol. The second-order valence-corrected chi connectivity index (χ2v) is 8.72. The number of rotatable bonds is 6. The van der Waals surface area contributed by atoms with E-state index in [1.165, 1.54) is 22.6 Å². The summed E-state index contributed by atoms with van der Waals surface area (Å²) in [6, 6.07) is 17.9. The van der Waals surface area contributed by atoms with Crippen LogP contribution in [0.2, 0.25) is 0 Å². The average Bonchev–Trinajstić information content (AvgIpc) is 3.34. The smallest absolute Gasteiger partial charge is 0.307 e. The molecule has 1 atom stereocenters. The minimum absolute atomic E-state index is 0.0964. The van der Waals surface area contributed by atoms with Crippen LogP contribution in [-0.2, 0) is 27.5 Å². The van der Waals surface area contributed by atoms with E-state index < -0.39 is 11.2 Å². The van der Waals surface area contributed by atoms with Crippen molar-refractivity contribution in [3.8, 4) is 0 Å². The number of thioether (sulfide) groups is 1. The number of ether oxygens (including phenoxy) is 1. The Bertz CT molecular complexity index is 1400. The van der Waals surface area contributed by atoms with Gasteiger partial charge in [-0.25, -0.2) is 4.98 Å². The summed E-state index contributed by atoms with van der Waals surface area (Å²) in [5.41, 5.74) is 1.00. The summed E-state index contributed by atoms with van der Waals surface area (Å²) >= 11 is 1.33. The number of benzene rings is 2. The number of carbonyl (C=O) groups is 2. The number of hydrogen-bond acceptors (Lipinski definition) is 7. The van der Waals surface area contributed by atoms with E-state index in [1.807, 2.05) is 24.3 Å². The summed E-state index contributed by atoms with van der Waals surface area (Å²) < 4.78 is 12.3. The quantitative estimate of drug-likeness (QED) is 0.438. The van der Waals surface area contributed by atoms with Crippen LogP contribution in [-0.4, -0.2) is 26.7 Å². The zero-order valence-electron chi connectivity index (χ0n) is 17.4. The number of para-hydroxylation sites is 2. The molecule has 0 saturated heterocycles. The van der Waals surface area contributed by atoms with Gasteiger partial charge in [0.25, 0.3) is 5.56 Å². The molecule has 3 heterocycles. The lowest BCUT2D eigenvalue weighted by molar-refractivity contribution is -0.146. The van der Waals surface area contributed by atoms with E-state index in [1.54, 1.807) is 36.4 Å². The van der Waals surface area contributed by atoms with Crippen LogP contribution in [0.1, 0.15) is 18.0 Å². The number of esters is 1. The molecule has 0 aliphatic carbocycles. The van der Waals surface area contributed by atoms with Crippen LogP contribution in [0.3, 0.4) is 0 Å². The molecule has 1 aliphatic heterocycles. The van der Waals surface area contributed by atoms with Gasteiger partial charge in [0.15, 0.2) is 5.82 Å². The third-order valence-electron chi connectivity index (χ3n) is 5.26. The molecule has 2 aromatic heterocycles. The van der Waals surface area contributed by atoms with E-state index >= 15 is 0 Å². The number of fused-ring (bicyclic) bond motifs is 2. The molecule has 4 aromatic rings. The van der Waals surface area contributed by atoms with Crippen molar-refractivity contribution < 1.29 is 18.7 Å². The summed E-state index contributed by atoms with van der Waals surface area (Å²) in [6.07, 6.45) is 1.43. The van der Waals surface area contributed by atoms with E-state index in [2.05, 4.69) is 10.3 Å². The Kier molecular flexibility index (Phi) is 5.70. The van der Waals surface area contributed by atoms with Gasteiger partial charge in [-0.1, -0.05) is 24.3 Å². The monoisotopic (exact) mass is 461 g/mol. The van der Waals surface area contributed by atoms with Gasteiger partial charge in [-0.05, 0) is 36.4 Å². The van der Waals surface area contributed by atoms with Crippen molar-refractivity contribution in [2.75, 3.05) is 5.32 Å². The van der Waals surface area contributed by atoms with Gasteiger partial charge in [0, 0.05) is 4.90 Å². The van der Waals surface area contributed by atoms with Crippen LogP contribution in [0.5, 0.6) is 0 Å².